The van der Waals surface area contributed by atoms with E-state index in [0.717, 1.165) is 6.08 Å². The van der Waals surface area contributed by atoms with Crippen LogP contribution < -0.4 is 5.73 Å². The predicted octanol–water partition coefficient (Wildman–Crippen LogP) is 2.03. The minimum absolute atomic E-state index is 0.0563. The number of ether oxygens (including phenoxy) is 1. The number of allylic oxidation sites excluding steroid dienone is 4. The van der Waals surface area contributed by atoms with Crippen LogP contribution in [0.4, 0.5) is 4.39 Å². The van der Waals surface area contributed by atoms with Crippen LogP contribution in [-0.2, 0) is 9.53 Å². The molecule has 1 aliphatic rings. The Bertz CT molecular complexity index is 462. The summed E-state index contributed by atoms with van der Waals surface area (Å²) in [5, 5.41) is 0. The van der Waals surface area contributed by atoms with E-state index in [4.69, 9.17) is 10.5 Å². The van der Waals surface area contributed by atoms with Crippen molar-refractivity contribution in [3.63, 3.8) is 0 Å². The van der Waals surface area contributed by atoms with Gasteiger partial charge in [-0.05, 0) is 19.9 Å². The summed E-state index contributed by atoms with van der Waals surface area (Å²) in [6.45, 7) is 3.44. The van der Waals surface area contributed by atoms with Crippen molar-refractivity contribution in [2.75, 3.05) is 7.11 Å². The van der Waals surface area contributed by atoms with Crippen molar-refractivity contribution in [3.05, 3.63) is 35.4 Å². The third-order valence-electron chi connectivity index (χ3n) is 2.59. The van der Waals surface area contributed by atoms with Gasteiger partial charge in [-0.15, -0.1) is 0 Å². The minimum atomic E-state index is -0.590. The van der Waals surface area contributed by atoms with E-state index in [0.29, 0.717) is 11.4 Å². The number of hydrogen-bond donors (Lipinski definition) is 1. The van der Waals surface area contributed by atoms with Crippen LogP contribution in [0.2, 0.25) is 0 Å². The molecule has 1 atom stereocenters. The first-order valence-electron chi connectivity index (χ1n) is 5.62. The highest BCUT2D eigenvalue weighted by molar-refractivity contribution is 6.15. The zero-order valence-corrected chi connectivity index (χ0v) is 10.7. The Balaban J connectivity index is 3.03. The number of halogens is 1. The van der Waals surface area contributed by atoms with Crippen molar-refractivity contribution >= 4 is 11.5 Å². The molecule has 0 fully saturated rings. The average Bonchev–Trinajstić information content (AvgIpc) is 2.36. The lowest BCUT2D eigenvalue weighted by atomic mass is 10.1. The van der Waals surface area contributed by atoms with Gasteiger partial charge in [0.1, 0.15) is 5.83 Å². The molecule has 0 saturated carbocycles. The molecular formula is C13H17FN2O2. The second-order valence-corrected chi connectivity index (χ2v) is 3.93. The highest BCUT2D eigenvalue weighted by Gasteiger charge is 2.20. The molecule has 4 nitrogen and oxygen atoms in total. The van der Waals surface area contributed by atoms with Crippen molar-refractivity contribution in [2.45, 2.75) is 26.4 Å². The van der Waals surface area contributed by atoms with Crippen LogP contribution in [0.1, 0.15) is 20.3 Å². The lowest BCUT2D eigenvalue weighted by molar-refractivity contribution is -0.113. The van der Waals surface area contributed by atoms with Gasteiger partial charge >= 0.3 is 0 Å². The number of carbonyl (C=O) groups excluding carboxylic acids is 1. The Labute approximate surface area is 106 Å². The Kier molecular flexibility index (Phi) is 4.97. The third-order valence-corrected chi connectivity index (χ3v) is 2.59. The molecule has 0 aromatic heterocycles. The molecule has 98 valence electrons. The Morgan fingerprint density at radius 3 is 2.89 bits per heavy atom. The summed E-state index contributed by atoms with van der Waals surface area (Å²) in [6.07, 6.45) is 3.70. The van der Waals surface area contributed by atoms with E-state index in [1.807, 2.05) is 0 Å². The van der Waals surface area contributed by atoms with Gasteiger partial charge in [0.25, 0.3) is 0 Å². The van der Waals surface area contributed by atoms with E-state index in [9.17, 15) is 9.18 Å². The number of ketones is 1. The number of nitrogens with two attached hydrogens (primary N) is 1. The molecule has 5 heteroatoms. The fourth-order valence-electron chi connectivity index (χ4n) is 1.39. The number of carbonyl (C=O) groups is 1. The standard InChI is InChI=1S/C13H17FN2O2/c1-4-9(15)5-11(14)13-7-10(17)6-12(16-13)8(2)18-3/h4-6,8H,7,15H2,1-3H3/b9-4+,11-5+/t8-/m0/s1. The zero-order valence-electron chi connectivity index (χ0n) is 10.7. The molecule has 0 aliphatic carbocycles. The number of nitrogens with zero attached hydrogens (tertiary/aromatic N) is 1. The molecule has 0 aromatic rings. The van der Waals surface area contributed by atoms with Crippen molar-refractivity contribution in [1.29, 1.82) is 0 Å². The molecule has 0 radical (unpaired) electrons. The van der Waals surface area contributed by atoms with E-state index in [2.05, 4.69) is 4.99 Å². The van der Waals surface area contributed by atoms with E-state index in [1.54, 1.807) is 19.9 Å². The van der Waals surface area contributed by atoms with Crippen LogP contribution in [0.5, 0.6) is 0 Å². The molecule has 1 heterocycles. The van der Waals surface area contributed by atoms with Crippen molar-refractivity contribution < 1.29 is 13.9 Å². The van der Waals surface area contributed by atoms with Gasteiger partial charge in [-0.1, -0.05) is 6.08 Å². The molecule has 0 spiro atoms. The summed E-state index contributed by atoms with van der Waals surface area (Å²) in [7, 11) is 1.50. The molecule has 0 aromatic carbocycles. The lowest BCUT2D eigenvalue weighted by Crippen LogP contribution is -2.18. The number of aliphatic imine (C=N–C) groups is 1. The van der Waals surface area contributed by atoms with E-state index >= 15 is 0 Å². The quantitative estimate of drug-likeness (QED) is 0.779. The highest BCUT2D eigenvalue weighted by Crippen LogP contribution is 2.18. The highest BCUT2D eigenvalue weighted by atomic mass is 19.1. The van der Waals surface area contributed by atoms with Gasteiger partial charge in [0.05, 0.1) is 23.9 Å². The Morgan fingerprint density at radius 2 is 2.33 bits per heavy atom. The number of hydrogen-bond acceptors (Lipinski definition) is 4. The first-order valence-corrected chi connectivity index (χ1v) is 5.62. The first-order chi connectivity index (χ1) is 8.47. The first kappa shape index (κ1) is 14.3. The molecule has 0 bridgehead atoms. The smallest absolute Gasteiger partial charge is 0.163 e. The maximum Gasteiger partial charge on any atom is 0.163 e. The van der Waals surface area contributed by atoms with Gasteiger partial charge in [0.2, 0.25) is 0 Å². The van der Waals surface area contributed by atoms with E-state index in [-0.39, 0.29) is 24.0 Å². The van der Waals surface area contributed by atoms with Crippen LogP contribution in [0.25, 0.3) is 0 Å². The SMILES string of the molecule is C/C=C(N)\C=C(\F)C1=NC([C@H](C)OC)=CC(=O)C1. The Morgan fingerprint density at radius 1 is 1.67 bits per heavy atom. The molecular weight excluding hydrogens is 235 g/mol. The maximum absolute atomic E-state index is 13.8. The fourth-order valence-corrected chi connectivity index (χ4v) is 1.39. The van der Waals surface area contributed by atoms with Gasteiger partial charge in [-0.25, -0.2) is 4.39 Å². The van der Waals surface area contributed by atoms with Crippen molar-refractivity contribution in [3.8, 4) is 0 Å². The summed E-state index contributed by atoms with van der Waals surface area (Å²) in [6, 6.07) is 0. The molecule has 1 aliphatic heterocycles. The summed E-state index contributed by atoms with van der Waals surface area (Å²) >= 11 is 0. The van der Waals surface area contributed by atoms with Crippen molar-refractivity contribution in [2.24, 2.45) is 10.7 Å². The van der Waals surface area contributed by atoms with Gasteiger partial charge in [-0.3, -0.25) is 9.79 Å². The van der Waals surface area contributed by atoms with Crippen LogP contribution in [-0.4, -0.2) is 24.7 Å². The minimum Gasteiger partial charge on any atom is -0.399 e. The third kappa shape index (κ3) is 3.63. The summed E-state index contributed by atoms with van der Waals surface area (Å²) in [4.78, 5) is 15.6. The van der Waals surface area contributed by atoms with Gasteiger partial charge in [-0.2, -0.15) is 0 Å². The summed E-state index contributed by atoms with van der Waals surface area (Å²) in [5.74, 6) is -0.783. The zero-order chi connectivity index (χ0) is 13.7. The van der Waals surface area contributed by atoms with Gasteiger partial charge < -0.3 is 10.5 Å². The lowest BCUT2D eigenvalue weighted by Gasteiger charge is -2.15. The van der Waals surface area contributed by atoms with E-state index in [1.165, 1.54) is 13.2 Å². The molecule has 1 rings (SSSR count). The number of methoxy groups -OCH3 is 1. The normalized spacial score (nSPS) is 19.4. The summed E-state index contributed by atoms with van der Waals surface area (Å²) < 4.78 is 18.9. The fraction of sp³-hybridized carbons (Fsp3) is 0.385. The van der Waals surface area contributed by atoms with Gasteiger partial charge in [0, 0.05) is 18.9 Å². The largest absolute Gasteiger partial charge is 0.399 e. The Hall–Kier alpha value is -1.75. The topological polar surface area (TPSA) is 64.7 Å². The predicted molar refractivity (Wildman–Crippen MR) is 68.7 cm³/mol. The number of rotatable bonds is 4. The second kappa shape index (κ2) is 6.26. The molecule has 0 amide bonds. The molecule has 0 saturated heterocycles. The van der Waals surface area contributed by atoms with E-state index < -0.39 is 5.83 Å². The molecule has 2 N–H and O–H groups in total. The van der Waals surface area contributed by atoms with Crippen LogP contribution in [0, 0.1) is 0 Å². The molecule has 0 unspecified atom stereocenters. The van der Waals surface area contributed by atoms with Gasteiger partial charge in [0.15, 0.2) is 5.78 Å². The molecule has 18 heavy (non-hydrogen) atoms. The van der Waals surface area contributed by atoms with Crippen molar-refractivity contribution in [1.82, 2.24) is 0 Å². The maximum atomic E-state index is 13.8. The monoisotopic (exact) mass is 252 g/mol. The summed E-state index contributed by atoms with van der Waals surface area (Å²) in [5.41, 5.74) is 6.30. The van der Waals surface area contributed by atoms with Crippen LogP contribution in [0.15, 0.2) is 40.4 Å². The second-order valence-electron chi connectivity index (χ2n) is 3.93. The average molecular weight is 252 g/mol. The van der Waals surface area contributed by atoms with Crippen LogP contribution >= 0.6 is 0 Å². The van der Waals surface area contributed by atoms with Crippen LogP contribution in [0.3, 0.4) is 0 Å².